The zero-order valence-corrected chi connectivity index (χ0v) is 10.6. The second-order valence-corrected chi connectivity index (χ2v) is 3.22. The first-order chi connectivity index (χ1) is 6.45. The molecule has 0 fully saturated rings. The van der Waals surface area contributed by atoms with Gasteiger partial charge in [0, 0.05) is 21.8 Å². The molecule has 0 aliphatic carbocycles. The third-order valence-electron chi connectivity index (χ3n) is 2.41. The van der Waals surface area contributed by atoms with Gasteiger partial charge in [-0.05, 0) is 12.1 Å². The van der Waals surface area contributed by atoms with Crippen molar-refractivity contribution in [1.29, 1.82) is 0 Å². The van der Waals surface area contributed by atoms with Crippen LogP contribution in [-0.4, -0.2) is 10.5 Å². The van der Waals surface area contributed by atoms with Gasteiger partial charge in [-0.15, -0.1) is 0 Å². The Hall–Kier alpha value is -0.800. The molecule has 0 unspecified atom stereocenters. The van der Waals surface area contributed by atoms with E-state index in [0.717, 1.165) is 0 Å². The number of fused-ring (bicyclic) bond motifs is 3. The number of rotatable bonds is 0. The van der Waals surface area contributed by atoms with E-state index < -0.39 is 0 Å². The van der Waals surface area contributed by atoms with Gasteiger partial charge in [-0.3, -0.25) is 0 Å². The topological polar surface area (TPSA) is 45.8 Å². The molecule has 1 aromatic heterocycles. The van der Waals surface area contributed by atoms with Crippen molar-refractivity contribution in [3.05, 3.63) is 48.5 Å². The molecular formula is C12H10NNaO. The van der Waals surface area contributed by atoms with Gasteiger partial charge in [0.25, 0.3) is 0 Å². The molecule has 2 N–H and O–H groups in total. The molecule has 0 radical (unpaired) electrons. The van der Waals surface area contributed by atoms with Crippen LogP contribution in [0.2, 0.25) is 0 Å². The summed E-state index contributed by atoms with van der Waals surface area (Å²) in [6.45, 7) is 0. The fraction of sp³-hybridized carbons (Fsp3) is 0. The molecule has 0 aliphatic rings. The Morgan fingerprint density at radius 2 is 1.07 bits per heavy atom. The van der Waals surface area contributed by atoms with Crippen molar-refractivity contribution < 1.29 is 35.0 Å². The molecule has 3 heteroatoms. The number of benzene rings is 2. The van der Waals surface area contributed by atoms with E-state index in [4.69, 9.17) is 0 Å². The fourth-order valence-electron chi connectivity index (χ4n) is 1.80. The van der Waals surface area contributed by atoms with Crippen LogP contribution < -0.4 is 29.6 Å². The SMILES string of the molecule is [Na+].[OH-].c1ccc2c(c1)[nH]c1ccccc12. The van der Waals surface area contributed by atoms with Crippen LogP contribution in [0.25, 0.3) is 21.8 Å². The van der Waals surface area contributed by atoms with Gasteiger partial charge in [-0.25, -0.2) is 0 Å². The maximum absolute atomic E-state index is 3.38. The molecule has 0 atom stereocenters. The Kier molecular flexibility index (Phi) is 3.94. The minimum atomic E-state index is 0. The number of hydrogen-bond acceptors (Lipinski definition) is 1. The molecule has 0 saturated carbocycles. The molecule has 2 nitrogen and oxygen atoms in total. The second kappa shape index (κ2) is 4.81. The van der Waals surface area contributed by atoms with Gasteiger partial charge in [0.2, 0.25) is 0 Å². The van der Waals surface area contributed by atoms with Crippen LogP contribution in [0.4, 0.5) is 0 Å². The van der Waals surface area contributed by atoms with Gasteiger partial charge >= 0.3 is 29.6 Å². The van der Waals surface area contributed by atoms with Gasteiger partial charge in [-0.1, -0.05) is 36.4 Å². The van der Waals surface area contributed by atoms with Crippen LogP contribution in [-0.2, 0) is 0 Å². The van der Waals surface area contributed by atoms with Crippen LogP contribution >= 0.6 is 0 Å². The number of para-hydroxylation sites is 2. The molecule has 70 valence electrons. The smallest absolute Gasteiger partial charge is 0.870 e. The van der Waals surface area contributed by atoms with Crippen molar-refractivity contribution in [2.24, 2.45) is 0 Å². The van der Waals surface area contributed by atoms with Gasteiger partial charge < -0.3 is 10.5 Å². The van der Waals surface area contributed by atoms with Crippen LogP contribution in [0.15, 0.2) is 48.5 Å². The van der Waals surface area contributed by atoms with Crippen molar-refractivity contribution in [3.8, 4) is 0 Å². The molecule has 0 spiro atoms. The first kappa shape index (κ1) is 12.3. The van der Waals surface area contributed by atoms with E-state index in [1.54, 1.807) is 0 Å². The first-order valence-corrected chi connectivity index (χ1v) is 4.40. The average molecular weight is 207 g/mol. The third-order valence-corrected chi connectivity index (χ3v) is 2.41. The standard InChI is InChI=1S/C12H9N.Na.H2O/c1-3-7-11-9(5-1)10-6-2-4-8-12(10)13-11;;/h1-8,13H;;1H2/q;+1;/p-1. The molecule has 0 saturated heterocycles. The Morgan fingerprint density at radius 3 is 1.53 bits per heavy atom. The van der Waals surface area contributed by atoms with E-state index in [9.17, 15) is 0 Å². The number of nitrogens with one attached hydrogen (secondary N) is 1. The molecular weight excluding hydrogens is 197 g/mol. The second-order valence-electron chi connectivity index (χ2n) is 3.22. The summed E-state index contributed by atoms with van der Waals surface area (Å²) in [5.74, 6) is 0. The summed E-state index contributed by atoms with van der Waals surface area (Å²) < 4.78 is 0. The summed E-state index contributed by atoms with van der Waals surface area (Å²) in [5.41, 5.74) is 2.42. The van der Waals surface area contributed by atoms with Crippen LogP contribution in [0, 0.1) is 0 Å². The molecule has 1 heterocycles. The van der Waals surface area contributed by atoms with E-state index in [0.29, 0.717) is 0 Å². The van der Waals surface area contributed by atoms with Crippen LogP contribution in [0.3, 0.4) is 0 Å². The summed E-state index contributed by atoms with van der Waals surface area (Å²) in [5, 5.41) is 2.61. The number of aromatic nitrogens is 1. The largest absolute Gasteiger partial charge is 1.00 e. The van der Waals surface area contributed by atoms with Crippen LogP contribution in [0.5, 0.6) is 0 Å². The van der Waals surface area contributed by atoms with Crippen molar-refractivity contribution in [1.82, 2.24) is 4.98 Å². The quantitative estimate of drug-likeness (QED) is 0.524. The summed E-state index contributed by atoms with van der Waals surface area (Å²) in [6.07, 6.45) is 0. The summed E-state index contributed by atoms with van der Waals surface area (Å²) in [7, 11) is 0. The molecule has 0 amide bonds. The summed E-state index contributed by atoms with van der Waals surface area (Å²) >= 11 is 0. The van der Waals surface area contributed by atoms with E-state index >= 15 is 0 Å². The Balaban J connectivity index is 0.000000562. The molecule has 3 rings (SSSR count). The Labute approximate surface area is 110 Å². The predicted octanol–water partition coefficient (Wildman–Crippen LogP) is 0.148. The van der Waals surface area contributed by atoms with Crippen molar-refractivity contribution in [3.63, 3.8) is 0 Å². The summed E-state index contributed by atoms with van der Waals surface area (Å²) in [4.78, 5) is 3.38. The van der Waals surface area contributed by atoms with Gasteiger partial charge in [-0.2, -0.15) is 0 Å². The van der Waals surface area contributed by atoms with Crippen molar-refractivity contribution in [2.75, 3.05) is 0 Å². The molecule has 3 aromatic rings. The molecule has 15 heavy (non-hydrogen) atoms. The molecule has 0 aliphatic heterocycles. The van der Waals surface area contributed by atoms with Crippen molar-refractivity contribution in [2.45, 2.75) is 0 Å². The first-order valence-electron chi connectivity index (χ1n) is 4.40. The zero-order valence-electron chi connectivity index (χ0n) is 8.57. The minimum absolute atomic E-state index is 0. The van der Waals surface area contributed by atoms with Gasteiger partial charge in [0.05, 0.1) is 0 Å². The summed E-state index contributed by atoms with van der Waals surface area (Å²) in [6, 6.07) is 16.8. The third kappa shape index (κ3) is 1.94. The van der Waals surface area contributed by atoms with Crippen molar-refractivity contribution >= 4 is 21.8 Å². The van der Waals surface area contributed by atoms with E-state index in [-0.39, 0.29) is 35.0 Å². The fourth-order valence-corrected chi connectivity index (χ4v) is 1.80. The average Bonchev–Trinajstić information content (AvgIpc) is 2.56. The number of hydrogen-bond donors (Lipinski definition) is 1. The zero-order chi connectivity index (χ0) is 8.67. The monoisotopic (exact) mass is 207 g/mol. The predicted molar refractivity (Wildman–Crippen MR) is 57.7 cm³/mol. The number of aromatic amines is 1. The normalized spacial score (nSPS) is 9.60. The minimum Gasteiger partial charge on any atom is -0.870 e. The maximum atomic E-state index is 3.38. The van der Waals surface area contributed by atoms with E-state index in [1.807, 2.05) is 0 Å². The Bertz CT molecular complexity index is 523. The number of H-pyrrole nitrogens is 1. The molecule has 0 bridgehead atoms. The van der Waals surface area contributed by atoms with Gasteiger partial charge in [0.1, 0.15) is 0 Å². The van der Waals surface area contributed by atoms with Crippen LogP contribution in [0.1, 0.15) is 0 Å². The Morgan fingerprint density at radius 1 is 0.667 bits per heavy atom. The van der Waals surface area contributed by atoms with E-state index in [1.165, 1.54) is 21.8 Å². The maximum Gasteiger partial charge on any atom is 1.00 e. The van der Waals surface area contributed by atoms with E-state index in [2.05, 4.69) is 53.5 Å². The molecule has 2 aromatic carbocycles. The van der Waals surface area contributed by atoms with Gasteiger partial charge in [0.15, 0.2) is 0 Å².